The summed E-state index contributed by atoms with van der Waals surface area (Å²) in [6.45, 7) is 2.04. The van der Waals surface area contributed by atoms with E-state index in [1.165, 1.54) is 19.4 Å². The van der Waals surface area contributed by atoms with Crippen LogP contribution < -0.4 is 10.2 Å². The van der Waals surface area contributed by atoms with Crippen molar-refractivity contribution in [3.05, 3.63) is 28.2 Å². The summed E-state index contributed by atoms with van der Waals surface area (Å²) < 4.78 is 10.6. The van der Waals surface area contributed by atoms with Crippen LogP contribution in [0.1, 0.15) is 23.3 Å². The maximum absolute atomic E-state index is 12.5. The number of aromatic amines is 1. The number of piperidine rings is 1. The monoisotopic (exact) mass is 323 g/mol. The summed E-state index contributed by atoms with van der Waals surface area (Å²) in [5.41, 5.74) is -0.230. The maximum Gasteiger partial charge on any atom is 0.270 e. The van der Waals surface area contributed by atoms with E-state index < -0.39 is 0 Å². The molecule has 1 aliphatic rings. The van der Waals surface area contributed by atoms with Gasteiger partial charge in [0.15, 0.2) is 5.75 Å². The average Bonchev–Trinajstić information content (AvgIpc) is 2.54. The van der Waals surface area contributed by atoms with Crippen molar-refractivity contribution in [2.45, 2.75) is 18.4 Å². The number of likely N-dealkylation sites (N-methyl/N-ethyl adjacent to an activating group) is 1. The lowest BCUT2D eigenvalue weighted by Gasteiger charge is -2.42. The standard InChI is InChI=1S/C16H25N3O4/c1-18(2)11-16(23-4)5-7-19(8-6-16)15(21)12-9-13(20)14(22-3)10-17-12/h9-10H,5-8,11H2,1-4H3,(H,17,20). The average molecular weight is 323 g/mol. The Labute approximate surface area is 136 Å². The topological polar surface area (TPSA) is 74.9 Å². The van der Waals surface area contributed by atoms with Gasteiger partial charge in [-0.2, -0.15) is 0 Å². The van der Waals surface area contributed by atoms with Crippen molar-refractivity contribution in [1.29, 1.82) is 0 Å². The molecule has 0 saturated carbocycles. The third-order valence-electron chi connectivity index (χ3n) is 4.33. The summed E-state index contributed by atoms with van der Waals surface area (Å²) in [6, 6.07) is 1.29. The van der Waals surface area contributed by atoms with Gasteiger partial charge in [0.05, 0.1) is 12.7 Å². The Balaban J connectivity index is 2.06. The number of carbonyl (C=O) groups is 1. The molecule has 2 heterocycles. The molecule has 1 amide bonds. The molecule has 0 unspecified atom stereocenters. The summed E-state index contributed by atoms with van der Waals surface area (Å²) in [5.74, 6) is 0.0314. The van der Waals surface area contributed by atoms with E-state index >= 15 is 0 Å². The molecule has 1 saturated heterocycles. The number of carbonyl (C=O) groups excluding carboxylic acids is 1. The molecule has 1 N–H and O–H groups in total. The number of H-pyrrole nitrogens is 1. The van der Waals surface area contributed by atoms with Gasteiger partial charge >= 0.3 is 0 Å². The zero-order valence-corrected chi connectivity index (χ0v) is 14.2. The van der Waals surface area contributed by atoms with Crippen molar-refractivity contribution in [3.8, 4) is 5.75 Å². The molecule has 128 valence electrons. The van der Waals surface area contributed by atoms with Crippen molar-refractivity contribution in [2.75, 3.05) is 47.9 Å². The first-order valence-corrected chi connectivity index (χ1v) is 7.67. The Morgan fingerprint density at radius 3 is 2.48 bits per heavy atom. The Morgan fingerprint density at radius 1 is 1.35 bits per heavy atom. The zero-order valence-electron chi connectivity index (χ0n) is 14.2. The van der Waals surface area contributed by atoms with Crippen LogP contribution in [0.3, 0.4) is 0 Å². The molecule has 1 aromatic rings. The zero-order chi connectivity index (χ0) is 17.0. The number of aromatic nitrogens is 1. The molecular formula is C16H25N3O4. The lowest BCUT2D eigenvalue weighted by atomic mass is 9.90. The van der Waals surface area contributed by atoms with Gasteiger partial charge < -0.3 is 24.3 Å². The number of nitrogens with one attached hydrogen (secondary N) is 1. The van der Waals surface area contributed by atoms with Crippen LogP contribution in [0.15, 0.2) is 17.1 Å². The lowest BCUT2D eigenvalue weighted by molar-refractivity contribution is -0.0654. The summed E-state index contributed by atoms with van der Waals surface area (Å²) in [6.07, 6.45) is 2.96. The molecule has 0 aromatic carbocycles. The molecule has 2 rings (SSSR count). The Hall–Kier alpha value is -1.86. The number of rotatable bonds is 5. The fourth-order valence-electron chi connectivity index (χ4n) is 3.03. The molecule has 7 nitrogen and oxygen atoms in total. The summed E-state index contributed by atoms with van der Waals surface area (Å²) >= 11 is 0. The fraction of sp³-hybridized carbons (Fsp3) is 0.625. The summed E-state index contributed by atoms with van der Waals surface area (Å²) in [4.78, 5) is 31.0. The maximum atomic E-state index is 12.5. The minimum absolute atomic E-state index is 0.167. The second-order valence-electron chi connectivity index (χ2n) is 6.20. The molecule has 0 spiro atoms. The minimum atomic E-state index is -0.301. The van der Waals surface area contributed by atoms with Gasteiger partial charge in [-0.1, -0.05) is 0 Å². The highest BCUT2D eigenvalue weighted by atomic mass is 16.5. The van der Waals surface area contributed by atoms with Crippen LogP contribution in [0.2, 0.25) is 0 Å². The van der Waals surface area contributed by atoms with Crippen molar-refractivity contribution in [1.82, 2.24) is 14.8 Å². The molecule has 0 aliphatic carbocycles. The molecular weight excluding hydrogens is 298 g/mol. The van der Waals surface area contributed by atoms with Crippen LogP contribution in [0, 0.1) is 0 Å². The molecule has 7 heteroatoms. The van der Waals surface area contributed by atoms with Gasteiger partial charge in [0.25, 0.3) is 5.91 Å². The SMILES string of the molecule is COc1c[nH]c(C(=O)N2CCC(CN(C)C)(OC)CC2)cc1=O. The molecule has 1 fully saturated rings. The highest BCUT2D eigenvalue weighted by Crippen LogP contribution is 2.27. The predicted molar refractivity (Wildman–Crippen MR) is 87.0 cm³/mol. The van der Waals surface area contributed by atoms with E-state index in [4.69, 9.17) is 9.47 Å². The van der Waals surface area contributed by atoms with Crippen molar-refractivity contribution < 1.29 is 14.3 Å². The van der Waals surface area contributed by atoms with E-state index in [-0.39, 0.29) is 28.4 Å². The van der Waals surface area contributed by atoms with Gasteiger partial charge in [-0.05, 0) is 26.9 Å². The highest BCUT2D eigenvalue weighted by Gasteiger charge is 2.36. The van der Waals surface area contributed by atoms with Gasteiger partial charge in [-0.15, -0.1) is 0 Å². The number of nitrogens with zero attached hydrogens (tertiary/aromatic N) is 2. The number of ether oxygens (including phenoxy) is 2. The second kappa shape index (κ2) is 7.14. The highest BCUT2D eigenvalue weighted by molar-refractivity contribution is 5.92. The first-order chi connectivity index (χ1) is 10.9. The number of methoxy groups -OCH3 is 2. The summed E-state index contributed by atoms with van der Waals surface area (Å²) in [7, 11) is 7.18. The smallest absolute Gasteiger partial charge is 0.270 e. The summed E-state index contributed by atoms with van der Waals surface area (Å²) in [5, 5.41) is 0. The van der Waals surface area contributed by atoms with E-state index in [2.05, 4.69) is 9.88 Å². The first-order valence-electron chi connectivity index (χ1n) is 7.67. The van der Waals surface area contributed by atoms with Crippen LogP contribution in [-0.4, -0.2) is 74.2 Å². The Kier molecular flexibility index (Phi) is 5.43. The van der Waals surface area contributed by atoms with Gasteiger partial charge in [0.1, 0.15) is 5.69 Å². The minimum Gasteiger partial charge on any atom is -0.491 e. The van der Waals surface area contributed by atoms with Gasteiger partial charge in [-0.25, -0.2) is 0 Å². The van der Waals surface area contributed by atoms with E-state index in [0.717, 1.165) is 19.4 Å². The molecule has 1 aromatic heterocycles. The number of amides is 1. The lowest BCUT2D eigenvalue weighted by Crippen LogP contribution is -2.52. The van der Waals surface area contributed by atoms with E-state index in [1.807, 2.05) is 14.1 Å². The normalized spacial score (nSPS) is 17.3. The number of pyridine rings is 1. The van der Waals surface area contributed by atoms with E-state index in [1.54, 1.807) is 12.0 Å². The van der Waals surface area contributed by atoms with Crippen LogP contribution in [0.25, 0.3) is 0 Å². The predicted octanol–water partition coefficient (Wildman–Crippen LogP) is 0.566. The van der Waals surface area contributed by atoms with Crippen LogP contribution in [0.4, 0.5) is 0 Å². The number of hydrogen-bond acceptors (Lipinski definition) is 5. The van der Waals surface area contributed by atoms with Crippen molar-refractivity contribution >= 4 is 5.91 Å². The van der Waals surface area contributed by atoms with Crippen LogP contribution in [-0.2, 0) is 4.74 Å². The molecule has 0 radical (unpaired) electrons. The Morgan fingerprint density at radius 2 is 2.00 bits per heavy atom. The Bertz CT molecular complexity index is 604. The third kappa shape index (κ3) is 3.92. The van der Waals surface area contributed by atoms with Gasteiger partial charge in [0, 0.05) is 39.0 Å². The number of likely N-dealkylation sites (tertiary alicyclic amines) is 1. The molecule has 0 atom stereocenters. The quantitative estimate of drug-likeness (QED) is 0.857. The third-order valence-corrected chi connectivity index (χ3v) is 4.33. The van der Waals surface area contributed by atoms with Crippen molar-refractivity contribution in [2.24, 2.45) is 0 Å². The number of hydrogen-bond donors (Lipinski definition) is 1. The van der Waals surface area contributed by atoms with Crippen molar-refractivity contribution in [3.63, 3.8) is 0 Å². The largest absolute Gasteiger partial charge is 0.491 e. The van der Waals surface area contributed by atoms with Crippen LogP contribution >= 0.6 is 0 Å². The molecule has 1 aliphatic heterocycles. The fourth-order valence-corrected chi connectivity index (χ4v) is 3.03. The molecule has 23 heavy (non-hydrogen) atoms. The second-order valence-corrected chi connectivity index (χ2v) is 6.20. The molecule has 0 bridgehead atoms. The first kappa shape index (κ1) is 17.5. The van der Waals surface area contributed by atoms with Crippen LogP contribution in [0.5, 0.6) is 5.75 Å². The van der Waals surface area contributed by atoms with Gasteiger partial charge in [-0.3, -0.25) is 9.59 Å². The van der Waals surface area contributed by atoms with Gasteiger partial charge in [0.2, 0.25) is 5.43 Å². The van der Waals surface area contributed by atoms with E-state index in [0.29, 0.717) is 13.1 Å². The van der Waals surface area contributed by atoms with E-state index in [9.17, 15) is 9.59 Å².